The van der Waals surface area contributed by atoms with Crippen LogP contribution in [0.2, 0.25) is 0 Å². The number of esters is 1. The number of ether oxygens (including phenoxy) is 1. The fourth-order valence-electron chi connectivity index (χ4n) is 2.62. The Morgan fingerprint density at radius 2 is 1.76 bits per heavy atom. The highest BCUT2D eigenvalue weighted by Crippen LogP contribution is 2.27. The standard InChI is InChI=1S/C15H24N2O4/c1-12(18)17-15(9-5-3-4-6-10-15)14(20)16-11-7-8-13(19)21-2/h7-8H,3-6,9-11H2,1-2H3,(H,16,20)(H,17,18)/b8-7+. The van der Waals surface area contributed by atoms with E-state index in [0.717, 1.165) is 25.7 Å². The minimum Gasteiger partial charge on any atom is -0.466 e. The van der Waals surface area contributed by atoms with Crippen molar-refractivity contribution in [2.75, 3.05) is 13.7 Å². The molecule has 0 aromatic rings. The zero-order valence-electron chi connectivity index (χ0n) is 12.7. The van der Waals surface area contributed by atoms with E-state index in [-0.39, 0.29) is 18.4 Å². The van der Waals surface area contributed by atoms with Crippen LogP contribution in [0.1, 0.15) is 45.4 Å². The first-order valence-corrected chi connectivity index (χ1v) is 7.32. The molecule has 0 radical (unpaired) electrons. The molecule has 0 spiro atoms. The summed E-state index contributed by atoms with van der Waals surface area (Å²) in [6.45, 7) is 1.66. The first-order valence-electron chi connectivity index (χ1n) is 7.32. The molecule has 2 amide bonds. The van der Waals surface area contributed by atoms with E-state index in [0.29, 0.717) is 12.8 Å². The number of rotatable bonds is 5. The van der Waals surface area contributed by atoms with Gasteiger partial charge in [-0.25, -0.2) is 4.79 Å². The van der Waals surface area contributed by atoms with Gasteiger partial charge in [0.15, 0.2) is 0 Å². The van der Waals surface area contributed by atoms with Crippen LogP contribution in [0.5, 0.6) is 0 Å². The number of carbonyl (C=O) groups excluding carboxylic acids is 3. The van der Waals surface area contributed by atoms with Crippen molar-refractivity contribution in [2.45, 2.75) is 51.0 Å². The van der Waals surface area contributed by atoms with Gasteiger partial charge >= 0.3 is 5.97 Å². The van der Waals surface area contributed by atoms with E-state index >= 15 is 0 Å². The molecule has 0 unspecified atom stereocenters. The molecule has 21 heavy (non-hydrogen) atoms. The Balaban J connectivity index is 2.64. The van der Waals surface area contributed by atoms with Gasteiger partial charge in [0.2, 0.25) is 11.8 Å². The Bertz CT molecular complexity index is 410. The van der Waals surface area contributed by atoms with Crippen LogP contribution in [-0.4, -0.2) is 37.0 Å². The molecule has 6 heteroatoms. The van der Waals surface area contributed by atoms with Crippen LogP contribution in [-0.2, 0) is 19.1 Å². The quantitative estimate of drug-likeness (QED) is 0.451. The topological polar surface area (TPSA) is 84.5 Å². The molecule has 0 bridgehead atoms. The summed E-state index contributed by atoms with van der Waals surface area (Å²) in [7, 11) is 1.29. The third kappa shape index (κ3) is 5.57. The molecular formula is C15H24N2O4. The second kappa shape index (κ2) is 8.44. The van der Waals surface area contributed by atoms with E-state index in [4.69, 9.17) is 0 Å². The third-order valence-electron chi connectivity index (χ3n) is 3.64. The van der Waals surface area contributed by atoms with Gasteiger partial charge in [-0.1, -0.05) is 31.8 Å². The highest BCUT2D eigenvalue weighted by molar-refractivity contribution is 5.91. The third-order valence-corrected chi connectivity index (χ3v) is 3.64. The summed E-state index contributed by atoms with van der Waals surface area (Å²) in [5.74, 6) is -0.846. The average molecular weight is 296 g/mol. The predicted octanol–water partition coefficient (Wildman–Crippen LogP) is 1.06. The molecule has 118 valence electrons. The number of carbonyl (C=O) groups is 3. The van der Waals surface area contributed by atoms with Crippen LogP contribution in [0.3, 0.4) is 0 Å². The average Bonchev–Trinajstić information content (AvgIpc) is 2.68. The number of hydrogen-bond acceptors (Lipinski definition) is 4. The number of methoxy groups -OCH3 is 1. The zero-order valence-corrected chi connectivity index (χ0v) is 12.7. The summed E-state index contributed by atoms with van der Waals surface area (Å²) < 4.78 is 4.47. The molecule has 6 nitrogen and oxygen atoms in total. The van der Waals surface area contributed by atoms with Crippen LogP contribution >= 0.6 is 0 Å². The molecule has 1 saturated carbocycles. The maximum absolute atomic E-state index is 12.4. The fraction of sp³-hybridized carbons (Fsp3) is 0.667. The summed E-state index contributed by atoms with van der Waals surface area (Å²) >= 11 is 0. The van der Waals surface area contributed by atoms with Gasteiger partial charge < -0.3 is 15.4 Å². The smallest absolute Gasteiger partial charge is 0.330 e. The number of hydrogen-bond donors (Lipinski definition) is 2. The van der Waals surface area contributed by atoms with Crippen LogP contribution in [0.25, 0.3) is 0 Å². The minimum atomic E-state index is -0.818. The maximum Gasteiger partial charge on any atom is 0.330 e. The lowest BCUT2D eigenvalue weighted by Gasteiger charge is -2.32. The highest BCUT2D eigenvalue weighted by atomic mass is 16.5. The van der Waals surface area contributed by atoms with Crippen LogP contribution in [0.15, 0.2) is 12.2 Å². The lowest BCUT2D eigenvalue weighted by atomic mass is 9.89. The Morgan fingerprint density at radius 1 is 1.14 bits per heavy atom. The lowest BCUT2D eigenvalue weighted by Crippen LogP contribution is -2.58. The largest absolute Gasteiger partial charge is 0.466 e. The summed E-state index contributed by atoms with van der Waals surface area (Å²) in [4.78, 5) is 34.8. The first kappa shape index (κ1) is 17.2. The molecule has 0 aliphatic heterocycles. The highest BCUT2D eigenvalue weighted by Gasteiger charge is 2.38. The van der Waals surface area contributed by atoms with Crippen molar-refractivity contribution >= 4 is 17.8 Å². The van der Waals surface area contributed by atoms with Gasteiger partial charge in [-0.05, 0) is 12.8 Å². The first-order chi connectivity index (χ1) is 10.00. The molecule has 0 saturated heterocycles. The van der Waals surface area contributed by atoms with Crippen molar-refractivity contribution in [3.05, 3.63) is 12.2 Å². The van der Waals surface area contributed by atoms with Crippen molar-refractivity contribution in [1.82, 2.24) is 10.6 Å². The Kier molecular flexibility index (Phi) is 6.91. The van der Waals surface area contributed by atoms with E-state index in [1.165, 1.54) is 26.2 Å². The Morgan fingerprint density at radius 3 is 2.29 bits per heavy atom. The molecule has 0 aromatic heterocycles. The van der Waals surface area contributed by atoms with Gasteiger partial charge in [-0.2, -0.15) is 0 Å². The summed E-state index contributed by atoms with van der Waals surface area (Å²) in [6.07, 6.45) is 8.10. The van der Waals surface area contributed by atoms with Gasteiger partial charge in [0.1, 0.15) is 5.54 Å². The molecule has 0 atom stereocenters. The second-order valence-corrected chi connectivity index (χ2v) is 5.31. The van der Waals surface area contributed by atoms with Crippen molar-refractivity contribution < 1.29 is 19.1 Å². The van der Waals surface area contributed by atoms with Crippen molar-refractivity contribution in [1.29, 1.82) is 0 Å². The fourth-order valence-corrected chi connectivity index (χ4v) is 2.62. The molecule has 1 rings (SSSR count). The summed E-state index contributed by atoms with van der Waals surface area (Å²) in [5.41, 5.74) is -0.818. The van der Waals surface area contributed by atoms with Gasteiger partial charge in [-0.3, -0.25) is 9.59 Å². The Hall–Kier alpha value is -1.85. The van der Waals surface area contributed by atoms with Crippen molar-refractivity contribution in [2.24, 2.45) is 0 Å². The molecule has 2 N–H and O–H groups in total. The van der Waals surface area contributed by atoms with E-state index in [1.807, 2.05) is 0 Å². The van der Waals surface area contributed by atoms with Crippen LogP contribution < -0.4 is 10.6 Å². The predicted molar refractivity (Wildman–Crippen MR) is 78.4 cm³/mol. The normalized spacial score (nSPS) is 17.8. The van der Waals surface area contributed by atoms with E-state index in [2.05, 4.69) is 15.4 Å². The van der Waals surface area contributed by atoms with Gasteiger partial charge in [0.25, 0.3) is 0 Å². The van der Waals surface area contributed by atoms with Crippen molar-refractivity contribution in [3.8, 4) is 0 Å². The van der Waals surface area contributed by atoms with E-state index in [1.54, 1.807) is 0 Å². The van der Waals surface area contributed by atoms with Gasteiger partial charge in [0.05, 0.1) is 7.11 Å². The van der Waals surface area contributed by atoms with Crippen molar-refractivity contribution in [3.63, 3.8) is 0 Å². The SMILES string of the molecule is COC(=O)/C=C/CNC(=O)C1(NC(C)=O)CCCCCC1. The minimum absolute atomic E-state index is 0.186. The van der Waals surface area contributed by atoms with Gasteiger partial charge in [0, 0.05) is 19.5 Å². The molecular weight excluding hydrogens is 272 g/mol. The number of amides is 2. The van der Waals surface area contributed by atoms with E-state index in [9.17, 15) is 14.4 Å². The summed E-state index contributed by atoms with van der Waals surface area (Å²) in [5, 5.41) is 5.59. The molecule has 1 fully saturated rings. The monoisotopic (exact) mass is 296 g/mol. The van der Waals surface area contributed by atoms with Crippen LogP contribution in [0, 0.1) is 0 Å². The van der Waals surface area contributed by atoms with Crippen LogP contribution in [0.4, 0.5) is 0 Å². The molecule has 0 aromatic carbocycles. The second-order valence-electron chi connectivity index (χ2n) is 5.31. The number of nitrogens with one attached hydrogen (secondary N) is 2. The van der Waals surface area contributed by atoms with Gasteiger partial charge in [-0.15, -0.1) is 0 Å². The lowest BCUT2D eigenvalue weighted by molar-refractivity contribution is -0.135. The summed E-state index contributed by atoms with van der Waals surface area (Å²) in [6, 6.07) is 0. The molecule has 0 heterocycles. The molecule has 1 aliphatic rings. The molecule has 1 aliphatic carbocycles. The maximum atomic E-state index is 12.4. The Labute approximate surface area is 125 Å². The zero-order chi connectivity index (χ0) is 15.7. The van der Waals surface area contributed by atoms with E-state index < -0.39 is 11.5 Å².